The van der Waals surface area contributed by atoms with Crippen LogP contribution in [0.3, 0.4) is 0 Å². The molecule has 1 heterocycles. The first kappa shape index (κ1) is 14.5. The lowest BCUT2D eigenvalue weighted by atomic mass is 10.0. The molecule has 110 valence electrons. The Morgan fingerprint density at radius 1 is 0.864 bits per heavy atom. The SMILES string of the molecule is CC(=Nc1c(C)cccc1C)c1cccc2ccc(C)nc12. The van der Waals surface area contributed by atoms with Crippen LogP contribution < -0.4 is 0 Å². The lowest BCUT2D eigenvalue weighted by Gasteiger charge is -2.09. The maximum absolute atomic E-state index is 4.88. The van der Waals surface area contributed by atoms with Crippen molar-refractivity contribution in [1.82, 2.24) is 4.98 Å². The van der Waals surface area contributed by atoms with E-state index in [4.69, 9.17) is 9.98 Å². The van der Waals surface area contributed by atoms with Crippen LogP contribution in [0.15, 0.2) is 53.5 Å². The van der Waals surface area contributed by atoms with E-state index < -0.39 is 0 Å². The van der Waals surface area contributed by atoms with Crippen LogP contribution in [0, 0.1) is 20.8 Å². The van der Waals surface area contributed by atoms with E-state index in [1.165, 1.54) is 11.1 Å². The van der Waals surface area contributed by atoms with E-state index in [-0.39, 0.29) is 0 Å². The van der Waals surface area contributed by atoms with E-state index >= 15 is 0 Å². The molecule has 2 heteroatoms. The second kappa shape index (κ2) is 5.72. The van der Waals surface area contributed by atoms with Crippen LogP contribution in [-0.4, -0.2) is 10.7 Å². The Labute approximate surface area is 131 Å². The van der Waals surface area contributed by atoms with Crippen molar-refractivity contribution in [2.75, 3.05) is 0 Å². The Bertz CT molecular complexity index is 856. The summed E-state index contributed by atoms with van der Waals surface area (Å²) in [6, 6.07) is 16.7. The predicted molar refractivity (Wildman–Crippen MR) is 94.3 cm³/mol. The second-order valence-corrected chi connectivity index (χ2v) is 5.77. The van der Waals surface area contributed by atoms with Crippen LogP contribution in [-0.2, 0) is 0 Å². The van der Waals surface area contributed by atoms with Gasteiger partial charge in [-0.25, -0.2) is 0 Å². The minimum atomic E-state index is 1.00. The summed E-state index contributed by atoms with van der Waals surface area (Å²) in [6.07, 6.45) is 0. The zero-order chi connectivity index (χ0) is 15.7. The molecule has 3 rings (SSSR count). The minimum absolute atomic E-state index is 1.00. The molecule has 0 aliphatic rings. The molecule has 3 aromatic rings. The van der Waals surface area contributed by atoms with Crippen LogP contribution in [0.25, 0.3) is 10.9 Å². The lowest BCUT2D eigenvalue weighted by molar-refractivity contribution is 1.25. The first-order valence-electron chi connectivity index (χ1n) is 7.54. The molecule has 0 N–H and O–H groups in total. The van der Waals surface area contributed by atoms with Crippen LogP contribution in [0.4, 0.5) is 5.69 Å². The molecule has 22 heavy (non-hydrogen) atoms. The Balaban J connectivity index is 2.19. The molecule has 2 nitrogen and oxygen atoms in total. The second-order valence-electron chi connectivity index (χ2n) is 5.77. The average Bonchev–Trinajstić information content (AvgIpc) is 2.50. The highest BCUT2D eigenvalue weighted by Crippen LogP contribution is 2.25. The van der Waals surface area contributed by atoms with Crippen LogP contribution in [0.5, 0.6) is 0 Å². The van der Waals surface area contributed by atoms with Gasteiger partial charge < -0.3 is 0 Å². The number of aromatic nitrogens is 1. The zero-order valence-corrected chi connectivity index (χ0v) is 13.5. The molecule has 0 amide bonds. The molecule has 0 saturated carbocycles. The van der Waals surface area contributed by atoms with Gasteiger partial charge in [-0.15, -0.1) is 0 Å². The van der Waals surface area contributed by atoms with Crippen molar-refractivity contribution >= 4 is 22.3 Å². The standard InChI is InChI=1S/C20H20N2/c1-13-7-5-8-14(2)19(13)22-16(4)18-10-6-9-17-12-11-15(3)21-20(17)18/h5-12H,1-4H3. The van der Waals surface area contributed by atoms with Gasteiger partial charge in [-0.1, -0.05) is 42.5 Å². The minimum Gasteiger partial charge on any atom is -0.253 e. The molecule has 0 aliphatic carbocycles. The molecule has 0 aliphatic heterocycles. The molecule has 0 atom stereocenters. The smallest absolute Gasteiger partial charge is 0.0795 e. The summed E-state index contributed by atoms with van der Waals surface area (Å²) in [6.45, 7) is 8.29. The van der Waals surface area contributed by atoms with Crippen molar-refractivity contribution in [2.24, 2.45) is 4.99 Å². The van der Waals surface area contributed by atoms with Crippen molar-refractivity contribution in [3.05, 3.63) is 70.9 Å². The van der Waals surface area contributed by atoms with Crippen LogP contribution in [0.2, 0.25) is 0 Å². The van der Waals surface area contributed by atoms with Gasteiger partial charge in [-0.3, -0.25) is 9.98 Å². The first-order chi connectivity index (χ1) is 10.6. The van der Waals surface area contributed by atoms with E-state index in [1.807, 2.05) is 13.0 Å². The normalized spacial score (nSPS) is 11.9. The van der Waals surface area contributed by atoms with Gasteiger partial charge in [0.15, 0.2) is 0 Å². The van der Waals surface area contributed by atoms with Gasteiger partial charge in [0.2, 0.25) is 0 Å². The summed E-state index contributed by atoms with van der Waals surface area (Å²) in [5.74, 6) is 0. The van der Waals surface area contributed by atoms with Crippen molar-refractivity contribution in [1.29, 1.82) is 0 Å². The highest BCUT2D eigenvalue weighted by molar-refractivity contribution is 6.09. The van der Waals surface area contributed by atoms with Crippen molar-refractivity contribution in [3.63, 3.8) is 0 Å². The summed E-state index contributed by atoms with van der Waals surface area (Å²) >= 11 is 0. The Kier molecular flexibility index (Phi) is 3.76. The number of para-hydroxylation sites is 2. The number of rotatable bonds is 2. The van der Waals surface area contributed by atoms with E-state index in [0.29, 0.717) is 0 Å². The average molecular weight is 288 g/mol. The maximum atomic E-state index is 4.88. The number of hydrogen-bond acceptors (Lipinski definition) is 2. The van der Waals surface area contributed by atoms with Crippen molar-refractivity contribution in [2.45, 2.75) is 27.7 Å². The number of pyridine rings is 1. The molecule has 0 unspecified atom stereocenters. The van der Waals surface area contributed by atoms with Gasteiger partial charge in [0.25, 0.3) is 0 Å². The molecule has 0 fully saturated rings. The number of fused-ring (bicyclic) bond motifs is 1. The van der Waals surface area contributed by atoms with Gasteiger partial charge in [0.05, 0.1) is 11.2 Å². The third-order valence-corrected chi connectivity index (χ3v) is 3.97. The number of nitrogens with zero attached hydrogens (tertiary/aromatic N) is 2. The van der Waals surface area contributed by atoms with E-state index in [9.17, 15) is 0 Å². The monoisotopic (exact) mass is 288 g/mol. The zero-order valence-electron chi connectivity index (χ0n) is 13.5. The summed E-state index contributed by atoms with van der Waals surface area (Å²) in [7, 11) is 0. The summed E-state index contributed by atoms with van der Waals surface area (Å²) in [5.41, 5.74) is 7.61. The number of hydrogen-bond donors (Lipinski definition) is 0. The molecule has 2 aromatic carbocycles. The molecule has 1 aromatic heterocycles. The predicted octanol–water partition coefficient (Wildman–Crippen LogP) is 5.30. The quantitative estimate of drug-likeness (QED) is 0.587. The Hall–Kier alpha value is -2.48. The topological polar surface area (TPSA) is 25.2 Å². The molecule has 0 bridgehead atoms. The highest BCUT2D eigenvalue weighted by Gasteiger charge is 2.07. The first-order valence-corrected chi connectivity index (χ1v) is 7.54. The fourth-order valence-corrected chi connectivity index (χ4v) is 2.75. The van der Waals surface area contributed by atoms with Gasteiger partial charge in [-0.05, 0) is 44.9 Å². The van der Waals surface area contributed by atoms with E-state index in [1.54, 1.807) is 0 Å². The van der Waals surface area contributed by atoms with Gasteiger partial charge >= 0.3 is 0 Å². The molecule has 0 saturated heterocycles. The Morgan fingerprint density at radius 2 is 1.55 bits per heavy atom. The van der Waals surface area contributed by atoms with Crippen molar-refractivity contribution < 1.29 is 0 Å². The number of aryl methyl sites for hydroxylation is 3. The molecule has 0 radical (unpaired) electrons. The Morgan fingerprint density at radius 3 is 2.27 bits per heavy atom. The lowest BCUT2D eigenvalue weighted by Crippen LogP contribution is -1.98. The molecular formula is C20H20N2. The largest absolute Gasteiger partial charge is 0.253 e. The van der Waals surface area contributed by atoms with Crippen LogP contribution in [0.1, 0.15) is 29.3 Å². The fourth-order valence-electron chi connectivity index (χ4n) is 2.75. The highest BCUT2D eigenvalue weighted by atomic mass is 14.8. The van der Waals surface area contributed by atoms with E-state index in [0.717, 1.165) is 33.6 Å². The third-order valence-electron chi connectivity index (χ3n) is 3.97. The molecular weight excluding hydrogens is 268 g/mol. The van der Waals surface area contributed by atoms with E-state index in [2.05, 4.69) is 63.2 Å². The number of benzene rings is 2. The summed E-state index contributed by atoms with van der Waals surface area (Å²) in [4.78, 5) is 9.59. The third kappa shape index (κ3) is 2.64. The molecule has 0 spiro atoms. The van der Waals surface area contributed by atoms with Gasteiger partial charge in [-0.2, -0.15) is 0 Å². The van der Waals surface area contributed by atoms with Gasteiger partial charge in [0, 0.05) is 22.4 Å². The summed E-state index contributed by atoms with van der Waals surface area (Å²) in [5, 5.41) is 1.15. The maximum Gasteiger partial charge on any atom is 0.0795 e. The van der Waals surface area contributed by atoms with Gasteiger partial charge in [0.1, 0.15) is 0 Å². The summed E-state index contributed by atoms with van der Waals surface area (Å²) < 4.78 is 0. The fraction of sp³-hybridized carbons (Fsp3) is 0.200. The number of aliphatic imine (C=N–C) groups is 1. The van der Waals surface area contributed by atoms with Crippen molar-refractivity contribution in [3.8, 4) is 0 Å². The van der Waals surface area contributed by atoms with Crippen LogP contribution >= 0.6 is 0 Å².